The molecule has 2 N–H and O–H groups in total. The summed E-state index contributed by atoms with van der Waals surface area (Å²) in [4.78, 5) is 9.14. The van der Waals surface area contributed by atoms with Crippen LogP contribution in [0.25, 0.3) is 39.0 Å². The quantitative estimate of drug-likeness (QED) is 0.523. The van der Waals surface area contributed by atoms with Crippen molar-refractivity contribution in [3.8, 4) is 17.1 Å². The minimum Gasteiger partial charge on any atom is -0.307 e. The minimum atomic E-state index is -0.299. The molecule has 7 heteroatoms. The molecule has 0 aliphatic carbocycles. The standard InChI is InChI=1S/C17H11FN6/c18-12-2-1-3-13(5-12)24-9-11(8-20-24)17-21-15-4-10-7-19-23-14(10)6-16(15)22-17/h1-9,19,23H. The van der Waals surface area contributed by atoms with E-state index in [9.17, 15) is 4.39 Å². The average Bonchev–Trinajstić information content (AvgIpc) is 3.30. The van der Waals surface area contributed by atoms with Gasteiger partial charge in [0.2, 0.25) is 0 Å². The Morgan fingerprint density at radius 3 is 2.79 bits per heavy atom. The van der Waals surface area contributed by atoms with Crippen molar-refractivity contribution in [1.29, 1.82) is 0 Å². The second-order valence-electron chi connectivity index (χ2n) is 5.54. The molecule has 0 amide bonds. The Morgan fingerprint density at radius 1 is 1.04 bits per heavy atom. The third kappa shape index (κ3) is 1.98. The molecule has 2 aromatic carbocycles. The van der Waals surface area contributed by atoms with Crippen molar-refractivity contribution in [3.05, 3.63) is 60.8 Å². The van der Waals surface area contributed by atoms with E-state index in [2.05, 4.69) is 25.3 Å². The van der Waals surface area contributed by atoms with Crippen LogP contribution in [0.1, 0.15) is 0 Å². The fraction of sp³-hybridized carbons (Fsp3) is 0. The summed E-state index contributed by atoms with van der Waals surface area (Å²) in [5.74, 6) is 0.302. The smallest absolute Gasteiger partial charge is 0.163 e. The Hall–Kier alpha value is -3.48. The lowest BCUT2D eigenvalue weighted by atomic mass is 10.2. The first-order valence-electron chi connectivity index (χ1n) is 7.40. The summed E-state index contributed by atoms with van der Waals surface area (Å²) in [5.41, 5.74) is 4.05. The van der Waals surface area contributed by atoms with Gasteiger partial charge >= 0.3 is 0 Å². The second kappa shape index (κ2) is 4.76. The molecule has 5 aromatic rings. The number of fused-ring (bicyclic) bond motifs is 2. The van der Waals surface area contributed by atoms with Crippen LogP contribution in [-0.2, 0) is 0 Å². The van der Waals surface area contributed by atoms with Gasteiger partial charge in [-0.1, -0.05) is 6.07 Å². The van der Waals surface area contributed by atoms with E-state index >= 15 is 0 Å². The van der Waals surface area contributed by atoms with E-state index in [1.807, 2.05) is 18.3 Å². The molecular formula is C17H11FN6. The first kappa shape index (κ1) is 13.0. The number of H-pyrrole nitrogens is 2. The molecule has 3 aromatic heterocycles. The number of hydrogen-bond donors (Lipinski definition) is 2. The monoisotopic (exact) mass is 318 g/mol. The molecule has 6 nitrogen and oxygen atoms in total. The number of halogens is 1. The largest absolute Gasteiger partial charge is 0.307 e. The first-order chi connectivity index (χ1) is 11.8. The summed E-state index contributed by atoms with van der Waals surface area (Å²) in [6.45, 7) is 0. The molecule has 0 aliphatic heterocycles. The summed E-state index contributed by atoms with van der Waals surface area (Å²) in [6, 6.07) is 10.2. The van der Waals surface area contributed by atoms with E-state index in [4.69, 9.17) is 0 Å². The number of aromatic nitrogens is 6. The van der Waals surface area contributed by atoms with Crippen molar-refractivity contribution in [2.75, 3.05) is 0 Å². The van der Waals surface area contributed by atoms with Gasteiger partial charge in [0.15, 0.2) is 5.82 Å². The van der Waals surface area contributed by atoms with Crippen LogP contribution < -0.4 is 0 Å². The maximum Gasteiger partial charge on any atom is 0.163 e. The highest BCUT2D eigenvalue weighted by molar-refractivity contribution is 5.93. The zero-order valence-corrected chi connectivity index (χ0v) is 12.4. The van der Waals surface area contributed by atoms with Crippen LogP contribution in [-0.4, -0.2) is 29.9 Å². The van der Waals surface area contributed by atoms with Gasteiger partial charge in [-0.3, -0.25) is 0 Å². The van der Waals surface area contributed by atoms with Gasteiger partial charge in [0.05, 0.1) is 34.0 Å². The topological polar surface area (TPSA) is 75.2 Å². The van der Waals surface area contributed by atoms with Gasteiger partial charge in [-0.05, 0) is 30.3 Å². The van der Waals surface area contributed by atoms with Crippen LogP contribution in [0, 0.1) is 5.82 Å². The Labute approximate surface area is 135 Å². The van der Waals surface area contributed by atoms with Crippen molar-refractivity contribution in [2.24, 2.45) is 0 Å². The third-order valence-corrected chi connectivity index (χ3v) is 3.95. The van der Waals surface area contributed by atoms with Gasteiger partial charge in [-0.25, -0.2) is 19.0 Å². The van der Waals surface area contributed by atoms with E-state index in [1.54, 1.807) is 29.2 Å². The molecule has 0 spiro atoms. The fourth-order valence-corrected chi connectivity index (χ4v) is 2.77. The lowest BCUT2D eigenvalue weighted by Gasteiger charge is -1.99. The summed E-state index contributed by atoms with van der Waals surface area (Å²) in [5, 5.41) is 11.3. The predicted molar refractivity (Wildman–Crippen MR) is 88.3 cm³/mol. The molecule has 0 fully saturated rings. The highest BCUT2D eigenvalue weighted by Crippen LogP contribution is 2.24. The first-order valence-corrected chi connectivity index (χ1v) is 7.40. The number of rotatable bonds is 2. The summed E-state index contributed by atoms with van der Waals surface area (Å²) >= 11 is 0. The van der Waals surface area contributed by atoms with Crippen LogP contribution in [0.2, 0.25) is 0 Å². The van der Waals surface area contributed by atoms with Gasteiger partial charge in [-0.2, -0.15) is 5.10 Å². The van der Waals surface area contributed by atoms with Gasteiger partial charge < -0.3 is 10.2 Å². The molecule has 0 bridgehead atoms. The molecule has 0 radical (unpaired) electrons. The van der Waals surface area contributed by atoms with Gasteiger partial charge in [0.25, 0.3) is 0 Å². The molecule has 5 rings (SSSR count). The van der Waals surface area contributed by atoms with Crippen LogP contribution >= 0.6 is 0 Å². The SMILES string of the molecule is Fc1cccc(-n2cc(-c3nc4cc5c[nH][nH]c5cc4n3)cn2)c1. The van der Waals surface area contributed by atoms with E-state index < -0.39 is 0 Å². The fourth-order valence-electron chi connectivity index (χ4n) is 2.77. The normalized spacial score (nSPS) is 11.5. The zero-order chi connectivity index (χ0) is 16.1. The van der Waals surface area contributed by atoms with Gasteiger partial charge in [-0.15, -0.1) is 0 Å². The maximum absolute atomic E-state index is 13.4. The number of imidazole rings is 1. The number of nitrogens with zero attached hydrogens (tertiary/aromatic N) is 4. The van der Waals surface area contributed by atoms with Crippen molar-refractivity contribution in [3.63, 3.8) is 0 Å². The predicted octanol–water partition coefficient (Wildman–Crippen LogP) is 3.43. The summed E-state index contributed by atoms with van der Waals surface area (Å²) < 4.78 is 15.0. The lowest BCUT2D eigenvalue weighted by Crippen LogP contribution is -1.94. The molecule has 0 atom stereocenters. The number of nitrogens with one attached hydrogen (secondary N) is 2. The summed E-state index contributed by atoms with van der Waals surface area (Å²) in [7, 11) is 0. The Morgan fingerprint density at radius 2 is 1.92 bits per heavy atom. The molecule has 0 unspecified atom stereocenters. The van der Waals surface area contributed by atoms with E-state index in [0.29, 0.717) is 11.5 Å². The second-order valence-corrected chi connectivity index (χ2v) is 5.54. The molecule has 0 aliphatic rings. The van der Waals surface area contributed by atoms with Crippen LogP contribution in [0.15, 0.2) is 55.0 Å². The van der Waals surface area contributed by atoms with Gasteiger partial charge in [0, 0.05) is 17.8 Å². The van der Waals surface area contributed by atoms with Crippen molar-refractivity contribution in [2.45, 2.75) is 0 Å². The van der Waals surface area contributed by atoms with Gasteiger partial charge in [0.1, 0.15) is 5.82 Å². The highest BCUT2D eigenvalue weighted by Gasteiger charge is 2.11. The van der Waals surface area contributed by atoms with E-state index in [0.717, 1.165) is 27.5 Å². The van der Waals surface area contributed by atoms with Crippen LogP contribution in [0.4, 0.5) is 4.39 Å². The lowest BCUT2D eigenvalue weighted by molar-refractivity contribution is 0.625. The minimum absolute atomic E-state index is 0.299. The highest BCUT2D eigenvalue weighted by atomic mass is 19.1. The Balaban J connectivity index is 1.60. The third-order valence-electron chi connectivity index (χ3n) is 3.95. The van der Waals surface area contributed by atoms with E-state index in [-0.39, 0.29) is 5.82 Å². The zero-order valence-electron chi connectivity index (χ0n) is 12.4. The Bertz CT molecular complexity index is 1130. The molecule has 0 saturated heterocycles. The summed E-state index contributed by atoms with van der Waals surface area (Å²) in [6.07, 6.45) is 5.35. The molecular weight excluding hydrogens is 307 g/mol. The molecule has 116 valence electrons. The molecule has 24 heavy (non-hydrogen) atoms. The average molecular weight is 318 g/mol. The number of hydrogen-bond acceptors (Lipinski definition) is 3. The van der Waals surface area contributed by atoms with Crippen molar-refractivity contribution < 1.29 is 4.39 Å². The molecule has 0 saturated carbocycles. The molecule has 3 heterocycles. The van der Waals surface area contributed by atoms with Crippen molar-refractivity contribution >= 4 is 21.9 Å². The van der Waals surface area contributed by atoms with Crippen molar-refractivity contribution in [1.82, 2.24) is 29.9 Å². The number of aromatic amines is 2. The Kier molecular flexibility index (Phi) is 2.58. The van der Waals surface area contributed by atoms with E-state index in [1.165, 1.54) is 12.1 Å². The number of benzene rings is 2. The van der Waals surface area contributed by atoms with Crippen LogP contribution in [0.3, 0.4) is 0 Å². The maximum atomic E-state index is 13.4. The van der Waals surface area contributed by atoms with Crippen LogP contribution in [0.5, 0.6) is 0 Å².